The van der Waals surface area contributed by atoms with E-state index in [4.69, 9.17) is 4.74 Å². The fraction of sp³-hybridized carbons (Fsp3) is 0.267. The maximum Gasteiger partial charge on any atom is 0.206 e. The number of carbonyl (C=O) groups is 1. The van der Waals surface area contributed by atoms with E-state index in [9.17, 15) is 4.79 Å². The fourth-order valence-electron chi connectivity index (χ4n) is 1.92. The number of hydrogen-bond donors (Lipinski definition) is 0. The van der Waals surface area contributed by atoms with Crippen LogP contribution in [0.1, 0.15) is 32.6 Å². The molecule has 0 spiro atoms. The molecule has 1 aromatic carbocycles. The third-order valence-corrected chi connectivity index (χ3v) is 3.83. The number of para-hydroxylation sites is 1. The summed E-state index contributed by atoms with van der Waals surface area (Å²) in [6.07, 6.45) is 0. The molecule has 2 rings (SSSR count). The van der Waals surface area contributed by atoms with Crippen molar-refractivity contribution in [1.29, 1.82) is 0 Å². The zero-order valence-electron chi connectivity index (χ0n) is 10.8. The number of benzene rings is 1. The van der Waals surface area contributed by atoms with Gasteiger partial charge in [0.1, 0.15) is 5.75 Å². The van der Waals surface area contributed by atoms with Crippen molar-refractivity contribution in [3.05, 3.63) is 51.2 Å². The minimum Gasteiger partial charge on any atom is -0.493 e. The predicted molar refractivity (Wildman–Crippen MR) is 74.8 cm³/mol. The zero-order chi connectivity index (χ0) is 13.1. The van der Waals surface area contributed by atoms with Crippen LogP contribution in [-0.4, -0.2) is 12.4 Å². The highest BCUT2D eigenvalue weighted by atomic mass is 32.1. The average molecular weight is 260 g/mol. The summed E-state index contributed by atoms with van der Waals surface area (Å²) in [5.41, 5.74) is 1.68. The highest BCUT2D eigenvalue weighted by Crippen LogP contribution is 2.28. The van der Waals surface area contributed by atoms with Crippen molar-refractivity contribution < 1.29 is 9.53 Å². The van der Waals surface area contributed by atoms with Crippen molar-refractivity contribution in [3.8, 4) is 5.75 Å². The molecule has 0 amide bonds. The van der Waals surface area contributed by atoms with Crippen LogP contribution in [0, 0.1) is 13.8 Å². The van der Waals surface area contributed by atoms with Crippen molar-refractivity contribution >= 4 is 17.1 Å². The molecule has 0 fully saturated rings. The topological polar surface area (TPSA) is 26.3 Å². The molecule has 0 saturated heterocycles. The average Bonchev–Trinajstić information content (AvgIpc) is 2.69. The highest BCUT2D eigenvalue weighted by Gasteiger charge is 2.18. The fourth-order valence-corrected chi connectivity index (χ4v) is 2.90. The van der Waals surface area contributed by atoms with E-state index in [1.54, 1.807) is 0 Å². The van der Waals surface area contributed by atoms with Gasteiger partial charge in [0.2, 0.25) is 5.78 Å². The molecule has 3 heteroatoms. The summed E-state index contributed by atoms with van der Waals surface area (Å²) in [4.78, 5) is 14.5. The van der Waals surface area contributed by atoms with E-state index in [1.165, 1.54) is 11.3 Å². The van der Waals surface area contributed by atoms with Gasteiger partial charge in [-0.05, 0) is 44.5 Å². The maximum absolute atomic E-state index is 12.5. The Bertz CT molecular complexity index is 570. The van der Waals surface area contributed by atoms with E-state index < -0.39 is 0 Å². The number of ketones is 1. The first-order valence-electron chi connectivity index (χ1n) is 5.97. The monoisotopic (exact) mass is 260 g/mol. The Morgan fingerprint density at radius 2 is 2.00 bits per heavy atom. The maximum atomic E-state index is 12.5. The number of thiophene rings is 1. The van der Waals surface area contributed by atoms with Gasteiger partial charge in [-0.3, -0.25) is 4.79 Å². The normalized spacial score (nSPS) is 10.4. The van der Waals surface area contributed by atoms with Gasteiger partial charge in [-0.2, -0.15) is 0 Å². The van der Waals surface area contributed by atoms with Crippen molar-refractivity contribution in [2.45, 2.75) is 20.8 Å². The number of aryl methyl sites for hydroxylation is 2. The van der Waals surface area contributed by atoms with Gasteiger partial charge < -0.3 is 4.74 Å². The van der Waals surface area contributed by atoms with Crippen molar-refractivity contribution in [2.24, 2.45) is 0 Å². The molecule has 0 radical (unpaired) electrons. The van der Waals surface area contributed by atoms with Crippen molar-refractivity contribution in [1.82, 2.24) is 0 Å². The molecular weight excluding hydrogens is 244 g/mol. The lowest BCUT2D eigenvalue weighted by Crippen LogP contribution is -2.04. The SMILES string of the molecule is CCOc1ccccc1C(=O)c1sc(C)cc1C. The minimum atomic E-state index is 0.0506. The molecule has 0 bridgehead atoms. The van der Waals surface area contributed by atoms with E-state index in [0.717, 1.165) is 15.3 Å². The number of hydrogen-bond acceptors (Lipinski definition) is 3. The first kappa shape index (κ1) is 12.8. The van der Waals surface area contributed by atoms with Gasteiger partial charge >= 0.3 is 0 Å². The van der Waals surface area contributed by atoms with Crippen LogP contribution in [0.2, 0.25) is 0 Å². The Labute approximate surface area is 111 Å². The highest BCUT2D eigenvalue weighted by molar-refractivity contribution is 7.14. The van der Waals surface area contributed by atoms with Gasteiger partial charge in [-0.25, -0.2) is 0 Å². The summed E-state index contributed by atoms with van der Waals surface area (Å²) < 4.78 is 5.51. The quantitative estimate of drug-likeness (QED) is 0.777. The summed E-state index contributed by atoms with van der Waals surface area (Å²) in [6, 6.07) is 9.45. The molecule has 0 aliphatic rings. The summed E-state index contributed by atoms with van der Waals surface area (Å²) in [6.45, 7) is 6.47. The second-order valence-corrected chi connectivity index (χ2v) is 5.38. The smallest absolute Gasteiger partial charge is 0.206 e. The van der Waals surface area contributed by atoms with Gasteiger partial charge in [-0.1, -0.05) is 12.1 Å². The van der Waals surface area contributed by atoms with E-state index in [1.807, 2.05) is 51.1 Å². The number of carbonyl (C=O) groups excluding carboxylic acids is 1. The lowest BCUT2D eigenvalue weighted by Gasteiger charge is -2.08. The number of rotatable bonds is 4. The molecule has 1 heterocycles. The standard InChI is InChI=1S/C15H16O2S/c1-4-17-13-8-6-5-7-12(13)14(16)15-10(2)9-11(3)18-15/h5-9H,4H2,1-3H3. The van der Waals surface area contributed by atoms with Crippen LogP contribution in [0.5, 0.6) is 5.75 Å². The molecule has 0 saturated carbocycles. The minimum absolute atomic E-state index is 0.0506. The molecule has 94 valence electrons. The first-order chi connectivity index (χ1) is 8.63. The molecule has 2 aromatic rings. The third kappa shape index (κ3) is 2.46. The van der Waals surface area contributed by atoms with Gasteiger partial charge in [-0.15, -0.1) is 11.3 Å². The summed E-state index contributed by atoms with van der Waals surface area (Å²) in [7, 11) is 0. The van der Waals surface area contributed by atoms with E-state index >= 15 is 0 Å². The molecule has 1 aromatic heterocycles. The molecule has 0 N–H and O–H groups in total. The van der Waals surface area contributed by atoms with Crippen LogP contribution in [0.3, 0.4) is 0 Å². The van der Waals surface area contributed by atoms with Crippen LogP contribution in [0.15, 0.2) is 30.3 Å². The summed E-state index contributed by atoms with van der Waals surface area (Å²) >= 11 is 1.54. The Morgan fingerprint density at radius 1 is 1.28 bits per heavy atom. The van der Waals surface area contributed by atoms with E-state index in [0.29, 0.717) is 17.9 Å². The lowest BCUT2D eigenvalue weighted by atomic mass is 10.1. The van der Waals surface area contributed by atoms with Crippen LogP contribution in [0.25, 0.3) is 0 Å². The second kappa shape index (κ2) is 5.36. The Hall–Kier alpha value is -1.61. The van der Waals surface area contributed by atoms with Crippen LogP contribution in [-0.2, 0) is 0 Å². The Balaban J connectivity index is 2.43. The zero-order valence-corrected chi connectivity index (χ0v) is 11.6. The van der Waals surface area contributed by atoms with E-state index in [2.05, 4.69) is 0 Å². The van der Waals surface area contributed by atoms with Crippen molar-refractivity contribution in [3.63, 3.8) is 0 Å². The van der Waals surface area contributed by atoms with Gasteiger partial charge in [0.25, 0.3) is 0 Å². The van der Waals surface area contributed by atoms with Gasteiger partial charge in [0.15, 0.2) is 0 Å². The molecule has 0 aliphatic heterocycles. The van der Waals surface area contributed by atoms with Crippen LogP contribution >= 0.6 is 11.3 Å². The largest absolute Gasteiger partial charge is 0.493 e. The first-order valence-corrected chi connectivity index (χ1v) is 6.78. The van der Waals surface area contributed by atoms with Crippen LogP contribution < -0.4 is 4.74 Å². The summed E-state index contributed by atoms with van der Waals surface area (Å²) in [5.74, 6) is 0.713. The molecule has 2 nitrogen and oxygen atoms in total. The van der Waals surface area contributed by atoms with E-state index in [-0.39, 0.29) is 5.78 Å². The molecule has 18 heavy (non-hydrogen) atoms. The van der Waals surface area contributed by atoms with Gasteiger partial charge in [0.05, 0.1) is 17.0 Å². The molecule has 0 unspecified atom stereocenters. The lowest BCUT2D eigenvalue weighted by molar-refractivity contribution is 0.103. The summed E-state index contributed by atoms with van der Waals surface area (Å²) in [5, 5.41) is 0. The second-order valence-electron chi connectivity index (χ2n) is 4.13. The van der Waals surface area contributed by atoms with Gasteiger partial charge in [0, 0.05) is 4.88 Å². The molecule has 0 atom stereocenters. The number of ether oxygens (including phenoxy) is 1. The Morgan fingerprint density at radius 3 is 2.61 bits per heavy atom. The predicted octanol–water partition coefficient (Wildman–Crippen LogP) is 3.99. The molecule has 0 aliphatic carbocycles. The molecular formula is C15H16O2S. The Kier molecular flexibility index (Phi) is 3.82. The van der Waals surface area contributed by atoms with Crippen molar-refractivity contribution in [2.75, 3.05) is 6.61 Å². The third-order valence-electron chi connectivity index (χ3n) is 2.68. The van der Waals surface area contributed by atoms with Crippen LogP contribution in [0.4, 0.5) is 0 Å².